The van der Waals surface area contributed by atoms with Gasteiger partial charge >= 0.3 is 0 Å². The van der Waals surface area contributed by atoms with E-state index < -0.39 is 11.6 Å². The maximum atomic E-state index is 13.4. The fourth-order valence-corrected chi connectivity index (χ4v) is 2.40. The van der Waals surface area contributed by atoms with Crippen molar-refractivity contribution in [2.24, 2.45) is 4.99 Å². The van der Waals surface area contributed by atoms with Gasteiger partial charge in [0, 0.05) is 19.5 Å². The molecule has 1 unspecified atom stereocenters. The van der Waals surface area contributed by atoms with Crippen LogP contribution in [0.25, 0.3) is 0 Å². The zero-order valence-electron chi connectivity index (χ0n) is 14.8. The first-order valence-electron chi connectivity index (χ1n) is 8.41. The summed E-state index contributed by atoms with van der Waals surface area (Å²) in [6.07, 6.45) is 2.51. The maximum Gasteiger partial charge on any atom is 0.191 e. The molecule has 0 saturated carbocycles. The molecule has 1 aromatic carbocycles. The van der Waals surface area contributed by atoms with Crippen molar-refractivity contribution in [3.63, 3.8) is 0 Å². The molecule has 0 spiro atoms. The molecule has 1 atom stereocenters. The first kappa shape index (κ1) is 18.8. The molecule has 2 aromatic rings. The third-order valence-electron chi connectivity index (χ3n) is 3.76. The van der Waals surface area contributed by atoms with Crippen molar-refractivity contribution in [1.82, 2.24) is 25.4 Å². The standard InChI is InChI=1S/C17H24F2N6/c1-4-16-24-22-11-25(16)9-8-21-17(20-5-2)23-12(3)13-6-7-14(18)15(19)10-13/h6-7,10-12H,4-5,8-9H2,1-3H3,(H2,20,21,23). The van der Waals surface area contributed by atoms with Crippen LogP contribution in [0.3, 0.4) is 0 Å². The van der Waals surface area contributed by atoms with Crippen LogP contribution in [0.1, 0.15) is 38.2 Å². The molecule has 0 aliphatic heterocycles. The van der Waals surface area contributed by atoms with Gasteiger partial charge in [0.1, 0.15) is 12.2 Å². The fourth-order valence-electron chi connectivity index (χ4n) is 2.40. The van der Waals surface area contributed by atoms with E-state index in [0.29, 0.717) is 31.2 Å². The van der Waals surface area contributed by atoms with Gasteiger partial charge in [-0.2, -0.15) is 0 Å². The summed E-state index contributed by atoms with van der Waals surface area (Å²) in [5.41, 5.74) is 0.650. The number of nitrogens with one attached hydrogen (secondary N) is 2. The molecule has 1 heterocycles. The van der Waals surface area contributed by atoms with E-state index in [2.05, 4.69) is 25.8 Å². The van der Waals surface area contributed by atoms with Crippen LogP contribution in [0, 0.1) is 11.6 Å². The highest BCUT2D eigenvalue weighted by Crippen LogP contribution is 2.15. The number of guanidine groups is 1. The molecule has 136 valence electrons. The lowest BCUT2D eigenvalue weighted by molar-refractivity contribution is 0.504. The summed E-state index contributed by atoms with van der Waals surface area (Å²) in [5, 5.41) is 14.3. The lowest BCUT2D eigenvalue weighted by atomic mass is 10.1. The van der Waals surface area contributed by atoms with Crippen LogP contribution in [-0.2, 0) is 13.0 Å². The number of aromatic nitrogens is 3. The normalized spacial score (nSPS) is 12.9. The van der Waals surface area contributed by atoms with Gasteiger partial charge in [0.25, 0.3) is 0 Å². The Kier molecular flexibility index (Phi) is 6.85. The monoisotopic (exact) mass is 350 g/mol. The first-order chi connectivity index (χ1) is 12.0. The van der Waals surface area contributed by atoms with Crippen LogP contribution in [0.2, 0.25) is 0 Å². The van der Waals surface area contributed by atoms with Gasteiger partial charge in [0.05, 0.1) is 12.6 Å². The smallest absolute Gasteiger partial charge is 0.191 e. The zero-order chi connectivity index (χ0) is 18.2. The van der Waals surface area contributed by atoms with Gasteiger partial charge in [-0.15, -0.1) is 10.2 Å². The molecule has 2 N–H and O–H groups in total. The number of aliphatic imine (C=N–C) groups is 1. The number of rotatable bonds is 7. The van der Waals surface area contributed by atoms with Crippen molar-refractivity contribution in [2.45, 2.75) is 39.8 Å². The second-order valence-corrected chi connectivity index (χ2v) is 5.59. The Labute approximate surface area is 146 Å². The van der Waals surface area contributed by atoms with Crippen LogP contribution < -0.4 is 10.6 Å². The minimum absolute atomic E-state index is 0.214. The van der Waals surface area contributed by atoms with Crippen molar-refractivity contribution < 1.29 is 8.78 Å². The number of nitrogens with zero attached hydrogens (tertiary/aromatic N) is 4. The minimum atomic E-state index is -0.854. The molecule has 0 aliphatic carbocycles. The maximum absolute atomic E-state index is 13.4. The number of halogens is 2. The van der Waals surface area contributed by atoms with E-state index in [1.165, 1.54) is 6.07 Å². The molecule has 0 bridgehead atoms. The Bertz CT molecular complexity index is 713. The van der Waals surface area contributed by atoms with Crippen molar-refractivity contribution in [2.75, 3.05) is 13.1 Å². The molecule has 0 aliphatic rings. The average molecular weight is 350 g/mol. The Morgan fingerprint density at radius 3 is 2.76 bits per heavy atom. The summed E-state index contributed by atoms with van der Waals surface area (Å²) in [6.45, 7) is 7.78. The molecular formula is C17H24F2N6. The van der Waals surface area contributed by atoms with E-state index in [1.54, 1.807) is 12.4 Å². The van der Waals surface area contributed by atoms with Gasteiger partial charge < -0.3 is 15.2 Å². The van der Waals surface area contributed by atoms with Gasteiger partial charge in [-0.25, -0.2) is 8.78 Å². The number of hydrogen-bond donors (Lipinski definition) is 2. The van der Waals surface area contributed by atoms with Crippen LogP contribution in [0.5, 0.6) is 0 Å². The predicted octanol–water partition coefficient (Wildman–Crippen LogP) is 2.43. The van der Waals surface area contributed by atoms with E-state index in [9.17, 15) is 8.78 Å². The van der Waals surface area contributed by atoms with Gasteiger partial charge in [-0.05, 0) is 31.5 Å². The third-order valence-corrected chi connectivity index (χ3v) is 3.76. The largest absolute Gasteiger partial charge is 0.357 e. The van der Waals surface area contributed by atoms with Crippen molar-refractivity contribution in [1.29, 1.82) is 0 Å². The SMILES string of the molecule is CCNC(=NCCn1cnnc1CC)NC(C)c1ccc(F)c(F)c1. The van der Waals surface area contributed by atoms with Gasteiger partial charge in [0.2, 0.25) is 0 Å². The molecule has 0 saturated heterocycles. The predicted molar refractivity (Wildman–Crippen MR) is 93.3 cm³/mol. The van der Waals surface area contributed by atoms with Crippen LogP contribution >= 0.6 is 0 Å². The Morgan fingerprint density at radius 1 is 1.28 bits per heavy atom. The number of benzene rings is 1. The molecular weight excluding hydrogens is 326 g/mol. The van der Waals surface area contributed by atoms with E-state index >= 15 is 0 Å². The minimum Gasteiger partial charge on any atom is -0.357 e. The Balaban J connectivity index is 2.00. The summed E-state index contributed by atoms with van der Waals surface area (Å²) in [6, 6.07) is 3.67. The number of hydrogen-bond acceptors (Lipinski definition) is 3. The highest BCUT2D eigenvalue weighted by Gasteiger charge is 2.11. The van der Waals surface area contributed by atoms with Crippen molar-refractivity contribution >= 4 is 5.96 Å². The van der Waals surface area contributed by atoms with Crippen LogP contribution in [0.15, 0.2) is 29.5 Å². The molecule has 0 amide bonds. The molecule has 0 fully saturated rings. The van der Waals surface area contributed by atoms with Gasteiger partial charge in [0.15, 0.2) is 17.6 Å². The molecule has 2 rings (SSSR count). The van der Waals surface area contributed by atoms with E-state index in [4.69, 9.17) is 0 Å². The third kappa shape index (κ3) is 5.23. The van der Waals surface area contributed by atoms with Gasteiger partial charge in [-0.1, -0.05) is 13.0 Å². The zero-order valence-corrected chi connectivity index (χ0v) is 14.8. The van der Waals surface area contributed by atoms with Crippen LogP contribution in [0.4, 0.5) is 8.78 Å². The summed E-state index contributed by atoms with van der Waals surface area (Å²) >= 11 is 0. The van der Waals surface area contributed by atoms with E-state index in [0.717, 1.165) is 18.3 Å². The Morgan fingerprint density at radius 2 is 2.08 bits per heavy atom. The first-order valence-corrected chi connectivity index (χ1v) is 8.41. The summed E-state index contributed by atoms with van der Waals surface area (Å²) in [4.78, 5) is 4.52. The highest BCUT2D eigenvalue weighted by molar-refractivity contribution is 5.80. The van der Waals surface area contributed by atoms with Gasteiger partial charge in [-0.3, -0.25) is 4.99 Å². The van der Waals surface area contributed by atoms with Crippen LogP contribution in [-0.4, -0.2) is 33.8 Å². The molecule has 6 nitrogen and oxygen atoms in total. The molecule has 0 radical (unpaired) electrons. The molecule has 1 aromatic heterocycles. The second kappa shape index (κ2) is 9.10. The summed E-state index contributed by atoms with van der Waals surface area (Å²) < 4.78 is 28.4. The summed E-state index contributed by atoms with van der Waals surface area (Å²) in [7, 11) is 0. The molecule has 25 heavy (non-hydrogen) atoms. The van der Waals surface area contributed by atoms with Crippen molar-refractivity contribution in [3.8, 4) is 0 Å². The fraction of sp³-hybridized carbons (Fsp3) is 0.471. The lowest BCUT2D eigenvalue weighted by Gasteiger charge is -2.18. The quantitative estimate of drug-likeness (QED) is 0.595. The number of aryl methyl sites for hydroxylation is 1. The van der Waals surface area contributed by atoms with E-state index in [-0.39, 0.29) is 6.04 Å². The average Bonchev–Trinajstić information content (AvgIpc) is 3.05. The lowest BCUT2D eigenvalue weighted by Crippen LogP contribution is -2.39. The van der Waals surface area contributed by atoms with Crippen molar-refractivity contribution in [3.05, 3.63) is 47.5 Å². The Hall–Kier alpha value is -2.51. The topological polar surface area (TPSA) is 67.1 Å². The van der Waals surface area contributed by atoms with E-state index in [1.807, 2.05) is 25.3 Å². The highest BCUT2D eigenvalue weighted by atomic mass is 19.2. The molecule has 8 heteroatoms. The second-order valence-electron chi connectivity index (χ2n) is 5.59. The summed E-state index contributed by atoms with van der Waals surface area (Å²) in [5.74, 6) is -0.167.